The fraction of sp³-hybridized carbons (Fsp3) is 0.550. The van der Waals surface area contributed by atoms with Gasteiger partial charge in [-0.05, 0) is 55.2 Å². The Morgan fingerprint density at radius 1 is 1.19 bits per heavy atom. The van der Waals surface area contributed by atoms with E-state index in [9.17, 15) is 4.79 Å². The van der Waals surface area contributed by atoms with E-state index in [0.717, 1.165) is 24.5 Å². The van der Waals surface area contributed by atoms with Crippen LogP contribution in [-0.2, 0) is 9.57 Å². The Hall–Kier alpha value is -2.21. The van der Waals surface area contributed by atoms with E-state index in [1.165, 1.54) is 12.8 Å². The number of hydrogen-bond acceptors (Lipinski definition) is 6. The van der Waals surface area contributed by atoms with Crippen molar-refractivity contribution < 1.29 is 14.4 Å². The lowest BCUT2D eigenvalue weighted by Gasteiger charge is -2.37. The van der Waals surface area contributed by atoms with E-state index in [0.29, 0.717) is 35.0 Å². The minimum Gasteiger partial charge on any atom is -0.470 e. The number of nitrogens with zero attached hydrogens (tertiary/aromatic N) is 2. The highest BCUT2D eigenvalue weighted by Crippen LogP contribution is 2.40. The van der Waals surface area contributed by atoms with E-state index in [4.69, 9.17) is 10.6 Å². The summed E-state index contributed by atoms with van der Waals surface area (Å²) < 4.78 is 5.83. The highest BCUT2D eigenvalue weighted by Gasteiger charge is 2.32. The molecule has 2 N–H and O–H groups in total. The van der Waals surface area contributed by atoms with Gasteiger partial charge in [-0.3, -0.25) is 0 Å². The minimum absolute atomic E-state index is 0.353. The van der Waals surface area contributed by atoms with Crippen LogP contribution >= 0.6 is 0 Å². The van der Waals surface area contributed by atoms with Gasteiger partial charge in [0, 0.05) is 11.5 Å². The maximum atomic E-state index is 11.5. The number of carbonyl (C=O) groups excluding carboxylic acids is 1. The average molecular weight is 357 g/mol. The molecule has 1 fully saturated rings. The zero-order valence-corrected chi connectivity index (χ0v) is 15.7. The molecule has 1 aromatic rings. The molecule has 0 radical (unpaired) electrons. The van der Waals surface area contributed by atoms with Crippen molar-refractivity contribution in [3.8, 4) is 0 Å². The van der Waals surface area contributed by atoms with Gasteiger partial charge in [0.2, 0.25) is 5.90 Å². The van der Waals surface area contributed by atoms with Gasteiger partial charge in [0.05, 0.1) is 11.3 Å². The molecule has 140 valence electrons. The van der Waals surface area contributed by atoms with Gasteiger partial charge >= 0.3 is 5.97 Å². The van der Waals surface area contributed by atoms with Crippen molar-refractivity contribution in [1.29, 1.82) is 0 Å². The first-order chi connectivity index (χ1) is 12.4. The predicted octanol–water partition coefficient (Wildman–Crippen LogP) is 3.70. The molecule has 0 unspecified atom stereocenters. The Morgan fingerprint density at radius 2 is 1.92 bits per heavy atom. The SMILES string of the molecule is CC(C)(C)C1CCC(C2=NN=C(c3cccc(C(=O)ON)c3)OC2)CC1. The van der Waals surface area contributed by atoms with Crippen molar-refractivity contribution >= 4 is 17.6 Å². The summed E-state index contributed by atoms with van der Waals surface area (Å²) in [5.41, 5.74) is 2.44. The second-order valence-electron chi connectivity index (χ2n) is 8.19. The van der Waals surface area contributed by atoms with Crippen LogP contribution in [0.2, 0.25) is 0 Å². The molecule has 0 bridgehead atoms. The van der Waals surface area contributed by atoms with Crippen LogP contribution in [0.3, 0.4) is 0 Å². The Morgan fingerprint density at radius 3 is 2.50 bits per heavy atom. The van der Waals surface area contributed by atoms with Crippen LogP contribution in [-0.4, -0.2) is 24.2 Å². The zero-order chi connectivity index (χ0) is 18.7. The quantitative estimate of drug-likeness (QED) is 0.836. The summed E-state index contributed by atoms with van der Waals surface area (Å²) in [5.74, 6) is 5.99. The Bertz CT molecular complexity index is 726. The number of ether oxygens (including phenoxy) is 1. The molecule has 0 atom stereocenters. The van der Waals surface area contributed by atoms with Crippen LogP contribution in [0.5, 0.6) is 0 Å². The largest absolute Gasteiger partial charge is 0.470 e. The number of nitrogens with two attached hydrogens (primary N) is 1. The number of benzene rings is 1. The van der Waals surface area contributed by atoms with Gasteiger partial charge in [0.25, 0.3) is 0 Å². The number of hydrogen-bond donors (Lipinski definition) is 1. The van der Waals surface area contributed by atoms with E-state index < -0.39 is 5.97 Å². The van der Waals surface area contributed by atoms with Crippen LogP contribution in [0.15, 0.2) is 34.5 Å². The molecule has 1 aliphatic carbocycles. The molecule has 0 saturated heterocycles. The fourth-order valence-corrected chi connectivity index (χ4v) is 3.79. The summed E-state index contributed by atoms with van der Waals surface area (Å²) in [6.45, 7) is 7.42. The lowest BCUT2D eigenvalue weighted by molar-refractivity contribution is 0.0503. The smallest absolute Gasteiger partial charge is 0.356 e. The van der Waals surface area contributed by atoms with E-state index in [2.05, 4.69) is 35.8 Å². The molecule has 1 aromatic carbocycles. The van der Waals surface area contributed by atoms with Crippen molar-refractivity contribution in [2.75, 3.05) is 6.61 Å². The Kier molecular flexibility index (Phi) is 5.41. The molecule has 0 spiro atoms. The van der Waals surface area contributed by atoms with Gasteiger partial charge in [-0.25, -0.2) is 4.79 Å². The molecular formula is C20H27N3O3. The van der Waals surface area contributed by atoms with Gasteiger partial charge in [-0.15, -0.1) is 5.10 Å². The third-order valence-electron chi connectivity index (χ3n) is 5.50. The normalized spacial score (nSPS) is 23.5. The van der Waals surface area contributed by atoms with E-state index in [1.54, 1.807) is 18.2 Å². The highest BCUT2D eigenvalue weighted by atomic mass is 16.7. The number of carbonyl (C=O) groups is 1. The molecule has 1 saturated carbocycles. The molecular weight excluding hydrogens is 330 g/mol. The maximum absolute atomic E-state index is 11.5. The summed E-state index contributed by atoms with van der Waals surface area (Å²) in [6, 6.07) is 6.83. The standard InChI is InChI=1S/C20H27N3O3/c1-20(2,3)16-9-7-13(8-10-16)17-12-25-18(23-22-17)14-5-4-6-15(11-14)19(24)26-21/h4-6,11,13,16H,7-10,12,21H2,1-3H3. The third-order valence-corrected chi connectivity index (χ3v) is 5.50. The maximum Gasteiger partial charge on any atom is 0.356 e. The fourth-order valence-electron chi connectivity index (χ4n) is 3.79. The molecule has 26 heavy (non-hydrogen) atoms. The molecule has 0 aromatic heterocycles. The van der Waals surface area contributed by atoms with Crippen LogP contribution in [0, 0.1) is 17.3 Å². The van der Waals surface area contributed by atoms with E-state index >= 15 is 0 Å². The summed E-state index contributed by atoms with van der Waals surface area (Å²) in [4.78, 5) is 15.8. The summed E-state index contributed by atoms with van der Waals surface area (Å²) in [7, 11) is 0. The average Bonchev–Trinajstić information content (AvgIpc) is 2.67. The van der Waals surface area contributed by atoms with Crippen molar-refractivity contribution in [3.05, 3.63) is 35.4 Å². The van der Waals surface area contributed by atoms with Crippen molar-refractivity contribution in [2.24, 2.45) is 33.4 Å². The van der Waals surface area contributed by atoms with Crippen LogP contribution in [0.1, 0.15) is 62.4 Å². The van der Waals surface area contributed by atoms with Gasteiger partial charge in [-0.2, -0.15) is 11.0 Å². The topological polar surface area (TPSA) is 86.3 Å². The zero-order valence-electron chi connectivity index (χ0n) is 15.7. The molecule has 3 rings (SSSR count). The second-order valence-corrected chi connectivity index (χ2v) is 8.19. The van der Waals surface area contributed by atoms with Gasteiger partial charge in [0.1, 0.15) is 6.61 Å². The number of rotatable bonds is 3. The highest BCUT2D eigenvalue weighted by molar-refractivity contribution is 6.01. The first-order valence-electron chi connectivity index (χ1n) is 9.17. The Balaban J connectivity index is 1.68. The summed E-state index contributed by atoms with van der Waals surface area (Å²) in [5, 5.41) is 8.68. The van der Waals surface area contributed by atoms with Crippen LogP contribution in [0.25, 0.3) is 0 Å². The molecule has 2 aliphatic rings. The van der Waals surface area contributed by atoms with Crippen LogP contribution < -0.4 is 5.90 Å². The molecule has 0 amide bonds. The first-order valence-corrected chi connectivity index (χ1v) is 9.17. The monoisotopic (exact) mass is 357 g/mol. The minimum atomic E-state index is -0.594. The lowest BCUT2D eigenvalue weighted by Crippen LogP contribution is -2.32. The summed E-state index contributed by atoms with van der Waals surface area (Å²) >= 11 is 0. The van der Waals surface area contributed by atoms with Crippen molar-refractivity contribution in [3.63, 3.8) is 0 Å². The van der Waals surface area contributed by atoms with Gasteiger partial charge in [-0.1, -0.05) is 26.8 Å². The van der Waals surface area contributed by atoms with Gasteiger partial charge in [0.15, 0.2) is 0 Å². The van der Waals surface area contributed by atoms with E-state index in [-0.39, 0.29) is 0 Å². The predicted molar refractivity (Wildman–Crippen MR) is 101 cm³/mol. The van der Waals surface area contributed by atoms with Crippen molar-refractivity contribution in [2.45, 2.75) is 46.5 Å². The third kappa shape index (κ3) is 4.12. The lowest BCUT2D eigenvalue weighted by atomic mass is 9.69. The molecule has 1 aliphatic heterocycles. The molecule has 1 heterocycles. The van der Waals surface area contributed by atoms with Gasteiger partial charge < -0.3 is 9.57 Å². The van der Waals surface area contributed by atoms with E-state index in [1.807, 2.05) is 6.07 Å². The summed E-state index contributed by atoms with van der Waals surface area (Å²) in [6.07, 6.45) is 4.75. The van der Waals surface area contributed by atoms with Crippen LogP contribution in [0.4, 0.5) is 0 Å². The second kappa shape index (κ2) is 7.58. The molecule has 6 heteroatoms. The first kappa shape index (κ1) is 18.6. The Labute approximate surface area is 154 Å². The molecule has 6 nitrogen and oxygen atoms in total. The van der Waals surface area contributed by atoms with Crippen molar-refractivity contribution in [1.82, 2.24) is 0 Å².